The van der Waals surface area contributed by atoms with Crippen molar-refractivity contribution in [3.63, 3.8) is 0 Å². The predicted molar refractivity (Wildman–Crippen MR) is 65.8 cm³/mol. The Morgan fingerprint density at radius 3 is 3.11 bits per heavy atom. The SMILES string of the molecule is O=c1[nH]c2cccc(OCCNCCCF)c2o1. The van der Waals surface area contributed by atoms with Crippen molar-refractivity contribution < 1.29 is 13.5 Å². The van der Waals surface area contributed by atoms with Gasteiger partial charge in [-0.1, -0.05) is 6.07 Å². The summed E-state index contributed by atoms with van der Waals surface area (Å²) in [6.07, 6.45) is 0.502. The van der Waals surface area contributed by atoms with Crippen molar-refractivity contribution in [3.05, 3.63) is 28.7 Å². The number of fused-ring (bicyclic) bond motifs is 1. The first-order valence-electron chi connectivity index (χ1n) is 5.82. The summed E-state index contributed by atoms with van der Waals surface area (Å²) in [5, 5.41) is 3.04. The molecule has 6 heteroatoms. The Labute approximate surface area is 103 Å². The zero-order valence-corrected chi connectivity index (χ0v) is 9.87. The van der Waals surface area contributed by atoms with E-state index in [0.717, 1.165) is 0 Å². The van der Waals surface area contributed by atoms with Crippen LogP contribution in [0.5, 0.6) is 5.75 Å². The zero-order chi connectivity index (χ0) is 12.8. The van der Waals surface area contributed by atoms with Gasteiger partial charge < -0.3 is 14.5 Å². The van der Waals surface area contributed by atoms with Crippen molar-refractivity contribution in [2.24, 2.45) is 0 Å². The van der Waals surface area contributed by atoms with Crippen LogP contribution in [0.25, 0.3) is 11.1 Å². The van der Waals surface area contributed by atoms with Crippen LogP contribution in [0.4, 0.5) is 4.39 Å². The molecule has 0 spiro atoms. The number of alkyl halides is 1. The fourth-order valence-electron chi connectivity index (χ4n) is 1.61. The molecule has 1 aromatic carbocycles. The monoisotopic (exact) mass is 254 g/mol. The van der Waals surface area contributed by atoms with Crippen molar-refractivity contribution in [2.75, 3.05) is 26.4 Å². The van der Waals surface area contributed by atoms with Gasteiger partial charge in [-0.15, -0.1) is 0 Å². The van der Waals surface area contributed by atoms with Crippen LogP contribution >= 0.6 is 0 Å². The Morgan fingerprint density at radius 2 is 2.28 bits per heavy atom. The molecule has 0 bridgehead atoms. The molecule has 5 nitrogen and oxygen atoms in total. The molecular weight excluding hydrogens is 239 g/mol. The van der Waals surface area contributed by atoms with Gasteiger partial charge in [-0.25, -0.2) is 4.79 Å². The minimum atomic E-state index is -0.498. The lowest BCUT2D eigenvalue weighted by atomic mass is 10.3. The number of oxazole rings is 1. The average molecular weight is 254 g/mol. The minimum absolute atomic E-state index is 0.318. The lowest BCUT2D eigenvalue weighted by Gasteiger charge is -2.06. The first kappa shape index (κ1) is 12.6. The van der Waals surface area contributed by atoms with Gasteiger partial charge in [0.2, 0.25) is 0 Å². The molecule has 0 fully saturated rings. The summed E-state index contributed by atoms with van der Waals surface area (Å²) in [4.78, 5) is 13.6. The van der Waals surface area contributed by atoms with Crippen LogP contribution in [0.3, 0.4) is 0 Å². The summed E-state index contributed by atoms with van der Waals surface area (Å²) >= 11 is 0. The van der Waals surface area contributed by atoms with Crippen LogP contribution in [-0.2, 0) is 0 Å². The van der Waals surface area contributed by atoms with E-state index in [0.29, 0.717) is 43.0 Å². The maximum atomic E-state index is 11.8. The molecule has 0 aliphatic carbocycles. The van der Waals surface area contributed by atoms with E-state index < -0.39 is 5.76 Å². The van der Waals surface area contributed by atoms with Crippen LogP contribution in [0.2, 0.25) is 0 Å². The van der Waals surface area contributed by atoms with Crippen molar-refractivity contribution >= 4 is 11.1 Å². The molecule has 0 saturated heterocycles. The smallest absolute Gasteiger partial charge is 0.417 e. The molecule has 0 saturated carbocycles. The van der Waals surface area contributed by atoms with Crippen molar-refractivity contribution in [2.45, 2.75) is 6.42 Å². The number of aromatic nitrogens is 1. The Kier molecular flexibility index (Phi) is 4.35. The van der Waals surface area contributed by atoms with E-state index in [-0.39, 0.29) is 6.67 Å². The van der Waals surface area contributed by atoms with Crippen LogP contribution in [0, 0.1) is 0 Å². The van der Waals surface area contributed by atoms with Gasteiger partial charge in [0.1, 0.15) is 6.61 Å². The molecule has 98 valence electrons. The highest BCUT2D eigenvalue weighted by atomic mass is 19.1. The Balaban J connectivity index is 1.89. The van der Waals surface area contributed by atoms with Gasteiger partial charge in [0.05, 0.1) is 12.2 Å². The van der Waals surface area contributed by atoms with Gasteiger partial charge in [-0.2, -0.15) is 0 Å². The van der Waals surface area contributed by atoms with Crippen molar-refractivity contribution in [3.8, 4) is 5.75 Å². The molecule has 0 unspecified atom stereocenters. The summed E-state index contributed by atoms with van der Waals surface area (Å²) in [6, 6.07) is 5.26. The normalized spacial score (nSPS) is 10.9. The second-order valence-electron chi connectivity index (χ2n) is 3.79. The first-order valence-corrected chi connectivity index (χ1v) is 5.82. The fraction of sp³-hybridized carbons (Fsp3) is 0.417. The first-order chi connectivity index (χ1) is 8.81. The van der Waals surface area contributed by atoms with Gasteiger partial charge >= 0.3 is 5.76 Å². The molecule has 0 amide bonds. The summed E-state index contributed by atoms with van der Waals surface area (Å²) < 4.78 is 22.3. The summed E-state index contributed by atoms with van der Waals surface area (Å²) in [5.41, 5.74) is 1.04. The molecule has 0 radical (unpaired) electrons. The fourth-order valence-corrected chi connectivity index (χ4v) is 1.61. The second kappa shape index (κ2) is 6.20. The molecular formula is C12H15FN2O3. The van der Waals surface area contributed by atoms with E-state index in [1.165, 1.54) is 0 Å². The predicted octanol–water partition coefficient (Wildman–Crippen LogP) is 1.45. The van der Waals surface area contributed by atoms with Crippen LogP contribution in [-0.4, -0.2) is 31.4 Å². The highest BCUT2D eigenvalue weighted by molar-refractivity contribution is 5.78. The number of nitrogens with one attached hydrogen (secondary N) is 2. The number of hydrogen-bond donors (Lipinski definition) is 2. The quantitative estimate of drug-likeness (QED) is 0.734. The third kappa shape index (κ3) is 3.10. The van der Waals surface area contributed by atoms with Gasteiger partial charge in [-0.05, 0) is 25.1 Å². The molecule has 2 rings (SSSR count). The molecule has 1 heterocycles. The highest BCUT2D eigenvalue weighted by Gasteiger charge is 2.07. The number of aromatic amines is 1. The van der Waals surface area contributed by atoms with Crippen LogP contribution < -0.4 is 15.8 Å². The van der Waals surface area contributed by atoms with Gasteiger partial charge in [-0.3, -0.25) is 9.37 Å². The van der Waals surface area contributed by atoms with Crippen LogP contribution in [0.15, 0.2) is 27.4 Å². The summed E-state index contributed by atoms with van der Waals surface area (Å²) in [5.74, 6) is 0.0280. The van der Waals surface area contributed by atoms with Gasteiger partial charge in [0, 0.05) is 6.54 Å². The molecule has 2 N–H and O–H groups in total. The highest BCUT2D eigenvalue weighted by Crippen LogP contribution is 2.22. The Bertz CT molecular complexity index is 549. The molecule has 0 aliphatic rings. The lowest BCUT2D eigenvalue weighted by Crippen LogP contribution is -2.22. The molecule has 1 aromatic heterocycles. The van der Waals surface area contributed by atoms with Crippen molar-refractivity contribution in [1.29, 1.82) is 0 Å². The second-order valence-corrected chi connectivity index (χ2v) is 3.79. The van der Waals surface area contributed by atoms with E-state index in [1.54, 1.807) is 18.2 Å². The molecule has 0 atom stereocenters. The standard InChI is InChI=1S/C12H15FN2O3/c13-5-2-6-14-7-8-17-10-4-1-3-9-11(10)18-12(16)15-9/h1,3-4,14H,2,5-8H2,(H,15,16). The van der Waals surface area contributed by atoms with E-state index in [2.05, 4.69) is 10.3 Å². The number of H-pyrrole nitrogens is 1. The van der Waals surface area contributed by atoms with E-state index in [4.69, 9.17) is 9.15 Å². The van der Waals surface area contributed by atoms with Crippen LogP contribution in [0.1, 0.15) is 6.42 Å². The number of rotatable bonds is 7. The summed E-state index contributed by atoms with van der Waals surface area (Å²) in [6.45, 7) is 1.36. The molecule has 0 aliphatic heterocycles. The van der Waals surface area contributed by atoms with E-state index in [9.17, 15) is 9.18 Å². The maximum Gasteiger partial charge on any atom is 0.417 e. The average Bonchev–Trinajstić information content (AvgIpc) is 2.74. The Morgan fingerprint density at radius 1 is 1.39 bits per heavy atom. The lowest BCUT2D eigenvalue weighted by molar-refractivity contribution is 0.310. The summed E-state index contributed by atoms with van der Waals surface area (Å²) in [7, 11) is 0. The third-order valence-corrected chi connectivity index (χ3v) is 2.43. The number of ether oxygens (including phenoxy) is 1. The number of hydrogen-bond acceptors (Lipinski definition) is 4. The number of benzene rings is 1. The van der Waals surface area contributed by atoms with E-state index in [1.807, 2.05) is 0 Å². The van der Waals surface area contributed by atoms with Crippen molar-refractivity contribution in [1.82, 2.24) is 10.3 Å². The largest absolute Gasteiger partial charge is 0.488 e. The Hall–Kier alpha value is -1.82. The number of halogens is 1. The topological polar surface area (TPSA) is 67.3 Å². The maximum absolute atomic E-state index is 11.8. The molecule has 18 heavy (non-hydrogen) atoms. The third-order valence-electron chi connectivity index (χ3n) is 2.43. The molecule has 2 aromatic rings. The number of para-hydroxylation sites is 1. The van der Waals surface area contributed by atoms with E-state index >= 15 is 0 Å². The minimum Gasteiger partial charge on any atom is -0.488 e. The van der Waals surface area contributed by atoms with Gasteiger partial charge in [0.25, 0.3) is 0 Å². The van der Waals surface area contributed by atoms with Gasteiger partial charge in [0.15, 0.2) is 11.3 Å². The zero-order valence-electron chi connectivity index (χ0n) is 9.87.